The highest BCUT2D eigenvalue weighted by molar-refractivity contribution is 4.94. The summed E-state index contributed by atoms with van der Waals surface area (Å²) in [5, 5.41) is 0. The fourth-order valence-corrected chi connectivity index (χ4v) is 0.386. The lowest BCUT2D eigenvalue weighted by molar-refractivity contribution is 0.146. The number of nitrogens with zero attached hydrogens (tertiary/aromatic N) is 1. The van der Waals surface area contributed by atoms with Crippen molar-refractivity contribution in [3.63, 3.8) is 0 Å². The first kappa shape index (κ1) is 5.21. The van der Waals surface area contributed by atoms with E-state index in [0.29, 0.717) is 0 Å². The van der Waals surface area contributed by atoms with Crippen molar-refractivity contribution in [2.24, 2.45) is 0 Å². The number of aromatic nitrogens is 2. The van der Waals surface area contributed by atoms with E-state index in [9.17, 15) is 8.78 Å². The summed E-state index contributed by atoms with van der Waals surface area (Å²) in [5.41, 5.74) is -0.134. The Labute approximate surface area is 44.6 Å². The normalized spacial score (nSPS) is 10.4. The molecule has 0 unspecified atom stereocenters. The van der Waals surface area contributed by atoms with Gasteiger partial charge in [0.25, 0.3) is 6.43 Å². The van der Waals surface area contributed by atoms with Gasteiger partial charge in [-0.25, -0.2) is 13.8 Å². The topological polar surface area (TPSA) is 28.7 Å². The second-order valence-corrected chi connectivity index (χ2v) is 1.31. The molecule has 0 spiro atoms. The quantitative estimate of drug-likeness (QED) is 0.592. The number of imidazole rings is 1. The molecule has 0 saturated heterocycles. The highest BCUT2D eigenvalue weighted by atomic mass is 19.3. The van der Waals surface area contributed by atoms with Crippen LogP contribution in [0.1, 0.15) is 12.1 Å². The third-order valence-corrected chi connectivity index (χ3v) is 0.754. The molecule has 1 aromatic rings. The van der Waals surface area contributed by atoms with E-state index >= 15 is 0 Å². The smallest absolute Gasteiger partial charge is 0.279 e. The van der Waals surface area contributed by atoms with Gasteiger partial charge in [0.05, 0.1) is 12.5 Å². The summed E-state index contributed by atoms with van der Waals surface area (Å²) >= 11 is 0. The van der Waals surface area contributed by atoms with E-state index in [1.165, 1.54) is 6.33 Å². The van der Waals surface area contributed by atoms with Crippen molar-refractivity contribution < 1.29 is 8.78 Å². The van der Waals surface area contributed by atoms with Gasteiger partial charge in [0, 0.05) is 0 Å². The van der Waals surface area contributed by atoms with Crippen molar-refractivity contribution >= 4 is 0 Å². The molecule has 0 aliphatic heterocycles. The standard InChI is InChI=1S/C4H4F2N2/c5-4(6)3-1-7-2-8-3/h1-2,4H,(H,7,8). The molecule has 1 aromatic heterocycles. The molecular weight excluding hydrogens is 114 g/mol. The average Bonchev–Trinajstić information content (AvgIpc) is 2.12. The van der Waals surface area contributed by atoms with E-state index in [-0.39, 0.29) is 5.69 Å². The van der Waals surface area contributed by atoms with E-state index in [4.69, 9.17) is 0 Å². The molecule has 0 fully saturated rings. The number of hydrogen-bond donors (Lipinski definition) is 1. The molecule has 2 nitrogen and oxygen atoms in total. The SMILES string of the molecule is FC(F)c1cnc[nH]1. The minimum atomic E-state index is -2.43. The zero-order chi connectivity index (χ0) is 5.98. The van der Waals surface area contributed by atoms with Crippen LogP contribution < -0.4 is 0 Å². The van der Waals surface area contributed by atoms with Gasteiger partial charge >= 0.3 is 0 Å². The number of aromatic amines is 1. The molecule has 0 aromatic carbocycles. The Bertz CT molecular complexity index is 147. The molecule has 8 heavy (non-hydrogen) atoms. The third kappa shape index (κ3) is 0.828. The molecule has 0 aliphatic carbocycles. The molecule has 0 saturated carbocycles. The average molecular weight is 118 g/mol. The number of halogens is 2. The van der Waals surface area contributed by atoms with Gasteiger partial charge in [0.2, 0.25) is 0 Å². The Hall–Kier alpha value is -0.930. The van der Waals surface area contributed by atoms with Crippen LogP contribution in [0.5, 0.6) is 0 Å². The number of rotatable bonds is 1. The van der Waals surface area contributed by atoms with Crippen LogP contribution in [0.25, 0.3) is 0 Å². The van der Waals surface area contributed by atoms with Gasteiger partial charge in [0.15, 0.2) is 0 Å². The van der Waals surface area contributed by atoms with Gasteiger partial charge in [0.1, 0.15) is 5.69 Å². The summed E-state index contributed by atoms with van der Waals surface area (Å²) in [5.74, 6) is 0. The Morgan fingerprint density at radius 3 is 2.62 bits per heavy atom. The lowest BCUT2D eigenvalue weighted by atomic mass is 10.5. The zero-order valence-electron chi connectivity index (χ0n) is 3.94. The van der Waals surface area contributed by atoms with E-state index in [1.807, 2.05) is 0 Å². The van der Waals surface area contributed by atoms with E-state index in [0.717, 1.165) is 6.20 Å². The molecule has 0 atom stereocenters. The predicted molar refractivity (Wildman–Crippen MR) is 23.5 cm³/mol. The van der Waals surface area contributed by atoms with E-state index in [2.05, 4.69) is 9.97 Å². The number of nitrogens with one attached hydrogen (secondary N) is 1. The van der Waals surface area contributed by atoms with Crippen molar-refractivity contribution in [2.75, 3.05) is 0 Å². The molecule has 1 heterocycles. The minimum Gasteiger partial charge on any atom is -0.344 e. The van der Waals surface area contributed by atoms with Crippen molar-refractivity contribution in [3.05, 3.63) is 18.2 Å². The monoisotopic (exact) mass is 118 g/mol. The maximum Gasteiger partial charge on any atom is 0.279 e. The summed E-state index contributed by atoms with van der Waals surface area (Å²) in [4.78, 5) is 5.68. The first-order valence-electron chi connectivity index (χ1n) is 2.07. The molecule has 44 valence electrons. The van der Waals surface area contributed by atoms with Crippen molar-refractivity contribution in [2.45, 2.75) is 6.43 Å². The van der Waals surface area contributed by atoms with Gasteiger partial charge < -0.3 is 4.98 Å². The minimum absolute atomic E-state index is 0.134. The Kier molecular flexibility index (Phi) is 1.24. The molecule has 0 amide bonds. The van der Waals surface area contributed by atoms with Crippen LogP contribution in [0.15, 0.2) is 12.5 Å². The summed E-state index contributed by atoms with van der Waals surface area (Å²) in [7, 11) is 0. The maximum atomic E-state index is 11.5. The fourth-order valence-electron chi connectivity index (χ4n) is 0.386. The molecule has 1 N–H and O–H groups in total. The first-order valence-corrected chi connectivity index (χ1v) is 2.07. The Balaban J connectivity index is 2.77. The summed E-state index contributed by atoms with van der Waals surface area (Å²) in [6.07, 6.45) is -0.107. The number of hydrogen-bond acceptors (Lipinski definition) is 1. The van der Waals surface area contributed by atoms with Gasteiger partial charge in [-0.05, 0) is 0 Å². The third-order valence-electron chi connectivity index (χ3n) is 0.754. The summed E-state index contributed by atoms with van der Waals surface area (Å²) < 4.78 is 23.1. The lowest BCUT2D eigenvalue weighted by Crippen LogP contribution is -1.79. The Morgan fingerprint density at radius 2 is 2.38 bits per heavy atom. The van der Waals surface area contributed by atoms with E-state index in [1.54, 1.807) is 0 Å². The number of alkyl halides is 2. The molecule has 0 bridgehead atoms. The van der Waals surface area contributed by atoms with Crippen LogP contribution in [0.4, 0.5) is 8.78 Å². The van der Waals surface area contributed by atoms with Crippen molar-refractivity contribution in [3.8, 4) is 0 Å². The predicted octanol–water partition coefficient (Wildman–Crippen LogP) is 1.35. The molecule has 1 rings (SSSR count). The second-order valence-electron chi connectivity index (χ2n) is 1.31. The van der Waals surface area contributed by atoms with Crippen LogP contribution >= 0.6 is 0 Å². The fraction of sp³-hybridized carbons (Fsp3) is 0.250. The molecule has 0 aliphatic rings. The van der Waals surface area contributed by atoms with Crippen LogP contribution in [0.3, 0.4) is 0 Å². The van der Waals surface area contributed by atoms with Crippen molar-refractivity contribution in [1.29, 1.82) is 0 Å². The molecule has 0 radical (unpaired) electrons. The maximum absolute atomic E-state index is 11.5. The van der Waals surface area contributed by atoms with Crippen LogP contribution in [0, 0.1) is 0 Å². The second kappa shape index (κ2) is 1.90. The van der Waals surface area contributed by atoms with Gasteiger partial charge in [-0.15, -0.1) is 0 Å². The van der Waals surface area contributed by atoms with Crippen LogP contribution in [0.2, 0.25) is 0 Å². The first-order chi connectivity index (χ1) is 3.80. The largest absolute Gasteiger partial charge is 0.344 e. The van der Waals surface area contributed by atoms with Gasteiger partial charge in [-0.1, -0.05) is 0 Å². The van der Waals surface area contributed by atoms with Crippen LogP contribution in [-0.2, 0) is 0 Å². The lowest BCUT2D eigenvalue weighted by Gasteiger charge is -1.87. The summed E-state index contributed by atoms with van der Waals surface area (Å²) in [6.45, 7) is 0. The van der Waals surface area contributed by atoms with E-state index < -0.39 is 6.43 Å². The summed E-state index contributed by atoms with van der Waals surface area (Å²) in [6, 6.07) is 0. The number of H-pyrrole nitrogens is 1. The highest BCUT2D eigenvalue weighted by Gasteiger charge is 2.05. The van der Waals surface area contributed by atoms with Crippen molar-refractivity contribution in [1.82, 2.24) is 9.97 Å². The highest BCUT2D eigenvalue weighted by Crippen LogP contribution is 2.13. The zero-order valence-corrected chi connectivity index (χ0v) is 3.94. The van der Waals surface area contributed by atoms with Gasteiger partial charge in [-0.3, -0.25) is 0 Å². The van der Waals surface area contributed by atoms with Gasteiger partial charge in [-0.2, -0.15) is 0 Å². The van der Waals surface area contributed by atoms with Crippen LogP contribution in [-0.4, -0.2) is 9.97 Å². The molecule has 4 heteroatoms. The molecular formula is C4H4F2N2. The Morgan fingerprint density at radius 1 is 1.62 bits per heavy atom.